The van der Waals surface area contributed by atoms with E-state index in [1.165, 1.54) is 4.90 Å². The first-order valence-electron chi connectivity index (χ1n) is 16.8. The Kier molecular flexibility index (Phi) is 6.98. The fourth-order valence-electron chi connectivity index (χ4n) is 7.58. The Labute approximate surface area is 294 Å². The first-order chi connectivity index (χ1) is 25.0. The van der Waals surface area contributed by atoms with Crippen LogP contribution in [-0.2, 0) is 0 Å². The fraction of sp³-hybridized carbons (Fsp3) is 0.0217. The average Bonchev–Trinajstić information content (AvgIpc) is 3.66. The van der Waals surface area contributed by atoms with Crippen molar-refractivity contribution < 1.29 is 9.59 Å². The molecule has 5 heteroatoms. The van der Waals surface area contributed by atoms with Gasteiger partial charge in [0.25, 0.3) is 11.8 Å². The maximum absolute atomic E-state index is 14.9. The van der Waals surface area contributed by atoms with Crippen molar-refractivity contribution in [2.75, 3.05) is 4.90 Å². The van der Waals surface area contributed by atoms with Crippen LogP contribution in [0.5, 0.6) is 0 Å². The predicted octanol–water partition coefficient (Wildman–Crippen LogP) is 10.8. The van der Waals surface area contributed by atoms with Gasteiger partial charge in [0.05, 0.1) is 45.2 Å². The zero-order valence-corrected chi connectivity index (χ0v) is 27.7. The minimum absolute atomic E-state index is 0.356. The summed E-state index contributed by atoms with van der Waals surface area (Å²) in [6, 6.07) is 53.8. The molecule has 8 aromatic rings. The smallest absolute Gasteiger partial charge is 0.268 e. The molecule has 7 aromatic carbocycles. The minimum Gasteiger partial charge on any atom is -0.308 e. The summed E-state index contributed by atoms with van der Waals surface area (Å²) < 4.78 is 2.13. The lowest BCUT2D eigenvalue weighted by Gasteiger charge is -2.20. The highest BCUT2D eigenvalue weighted by atomic mass is 16.2. The number of rotatable bonds is 5. The van der Waals surface area contributed by atoms with Crippen LogP contribution >= 0.6 is 0 Å². The molecule has 0 N–H and O–H groups in total. The van der Waals surface area contributed by atoms with Crippen LogP contribution in [0.2, 0.25) is 0 Å². The summed E-state index contributed by atoms with van der Waals surface area (Å²) in [5, 5.41) is 11.6. The van der Waals surface area contributed by atoms with Crippen LogP contribution in [-0.4, -0.2) is 16.4 Å². The van der Waals surface area contributed by atoms with Gasteiger partial charge in [-0.15, -0.1) is 0 Å². The van der Waals surface area contributed by atoms with E-state index in [1.54, 1.807) is 6.07 Å². The number of aryl methyl sites for hydroxylation is 1. The fourth-order valence-corrected chi connectivity index (χ4v) is 7.58. The maximum Gasteiger partial charge on any atom is 0.268 e. The molecule has 51 heavy (non-hydrogen) atoms. The number of imide groups is 1. The number of carbonyl (C=O) groups excluding carboxylic acids is 2. The monoisotopic (exact) mass is 655 g/mol. The third kappa shape index (κ3) is 4.69. The van der Waals surface area contributed by atoms with Gasteiger partial charge in [-0.25, -0.2) is 4.90 Å². The summed E-state index contributed by atoms with van der Waals surface area (Å²) in [6.07, 6.45) is 0. The normalized spacial score (nSPS) is 12.4. The van der Waals surface area contributed by atoms with Gasteiger partial charge in [-0.1, -0.05) is 115 Å². The van der Waals surface area contributed by atoms with Crippen molar-refractivity contribution in [2.45, 2.75) is 6.92 Å². The highest BCUT2D eigenvalue weighted by Gasteiger charge is 2.40. The van der Waals surface area contributed by atoms with Crippen molar-refractivity contribution in [3.63, 3.8) is 0 Å². The number of nitrogens with zero attached hydrogens (tertiary/aromatic N) is 3. The molecule has 0 saturated heterocycles. The average molecular weight is 656 g/mol. The van der Waals surface area contributed by atoms with Crippen LogP contribution < -0.4 is 4.90 Å². The van der Waals surface area contributed by atoms with Crippen molar-refractivity contribution in [3.8, 4) is 45.1 Å². The van der Waals surface area contributed by atoms with Gasteiger partial charge in [0.15, 0.2) is 0 Å². The highest BCUT2D eigenvalue weighted by molar-refractivity contribution is 6.36. The van der Waals surface area contributed by atoms with E-state index in [0.29, 0.717) is 28.1 Å². The zero-order valence-electron chi connectivity index (χ0n) is 27.7. The van der Waals surface area contributed by atoms with Crippen molar-refractivity contribution in [2.24, 2.45) is 0 Å². The molecule has 2 amide bonds. The number of anilines is 1. The molecule has 2 heterocycles. The molecule has 0 radical (unpaired) electrons. The van der Waals surface area contributed by atoms with Crippen molar-refractivity contribution in [1.82, 2.24) is 4.57 Å². The number of benzene rings is 7. The van der Waals surface area contributed by atoms with Gasteiger partial charge in [-0.3, -0.25) is 9.59 Å². The number of amides is 2. The Bertz CT molecular complexity index is 2760. The summed E-state index contributed by atoms with van der Waals surface area (Å²) >= 11 is 0. The molecule has 9 rings (SSSR count). The largest absolute Gasteiger partial charge is 0.308 e. The second kappa shape index (κ2) is 11.8. The number of nitriles is 1. The first kappa shape index (κ1) is 30.1. The summed E-state index contributed by atoms with van der Waals surface area (Å²) in [4.78, 5) is 30.7. The molecular weight excluding hydrogens is 627 g/mol. The minimum atomic E-state index is -0.367. The topological polar surface area (TPSA) is 66.1 Å². The van der Waals surface area contributed by atoms with Crippen LogP contribution in [0, 0.1) is 18.3 Å². The Hall–Kier alpha value is -7.03. The van der Waals surface area contributed by atoms with E-state index in [1.807, 2.05) is 116 Å². The SMILES string of the molecule is Cc1cc(C#N)ccc1-c1cccc2c3ccccc3n(-c3cccc4c3C(=O)N(c3ccc(-c5ccccc5)cc3-c3ccccc3)C4=O)c12. The van der Waals surface area contributed by atoms with Crippen LogP contribution in [0.3, 0.4) is 0 Å². The van der Waals surface area contributed by atoms with Gasteiger partial charge >= 0.3 is 0 Å². The lowest BCUT2D eigenvalue weighted by Crippen LogP contribution is -2.30. The molecule has 240 valence electrons. The van der Waals surface area contributed by atoms with Gasteiger partial charge < -0.3 is 4.57 Å². The molecule has 1 aliphatic heterocycles. The molecule has 0 aliphatic carbocycles. The number of para-hydroxylation sites is 2. The van der Waals surface area contributed by atoms with Gasteiger partial charge in [0.1, 0.15) is 0 Å². The van der Waals surface area contributed by atoms with E-state index in [2.05, 4.69) is 53.1 Å². The maximum atomic E-state index is 14.9. The Morgan fingerprint density at radius 2 is 1.20 bits per heavy atom. The lowest BCUT2D eigenvalue weighted by molar-refractivity contribution is 0.0926. The summed E-state index contributed by atoms with van der Waals surface area (Å²) in [5.41, 5.74) is 11.0. The lowest BCUT2D eigenvalue weighted by atomic mass is 9.96. The first-order valence-corrected chi connectivity index (χ1v) is 16.8. The van der Waals surface area contributed by atoms with E-state index in [-0.39, 0.29) is 11.8 Å². The number of carbonyl (C=O) groups is 2. The molecular formula is C46H29N3O2. The van der Waals surface area contributed by atoms with E-state index < -0.39 is 0 Å². The van der Waals surface area contributed by atoms with E-state index in [4.69, 9.17) is 0 Å². The van der Waals surface area contributed by atoms with Crippen molar-refractivity contribution in [3.05, 3.63) is 180 Å². The van der Waals surface area contributed by atoms with Crippen molar-refractivity contribution >= 4 is 39.3 Å². The molecule has 0 fully saturated rings. The van der Waals surface area contributed by atoms with Crippen LogP contribution in [0.4, 0.5) is 5.69 Å². The Balaban J connectivity index is 1.27. The second-order valence-electron chi connectivity index (χ2n) is 12.8. The quantitative estimate of drug-likeness (QED) is 0.173. The standard InChI is InChI=1S/C46H29N3O2/c1-29-26-30(28-47)22-24-34(29)36-17-10-18-37-35-16-8-9-20-40(35)48(44(36)37)42-21-11-19-38-43(42)46(51)49(45(38)50)41-25-23-33(31-12-4-2-5-13-31)27-39(41)32-14-6-3-7-15-32/h2-27H,1H3. The summed E-state index contributed by atoms with van der Waals surface area (Å²) in [5.74, 6) is -0.723. The van der Waals surface area contributed by atoms with E-state index >= 15 is 0 Å². The predicted molar refractivity (Wildman–Crippen MR) is 204 cm³/mol. The van der Waals surface area contributed by atoms with E-state index in [9.17, 15) is 14.9 Å². The second-order valence-corrected chi connectivity index (χ2v) is 12.8. The molecule has 0 atom stereocenters. The van der Waals surface area contributed by atoms with Crippen LogP contribution in [0.15, 0.2) is 158 Å². The van der Waals surface area contributed by atoms with E-state index in [0.717, 1.165) is 60.8 Å². The van der Waals surface area contributed by atoms with Crippen molar-refractivity contribution in [1.29, 1.82) is 5.26 Å². The molecule has 0 saturated carbocycles. The van der Waals surface area contributed by atoms with Crippen LogP contribution in [0.1, 0.15) is 31.8 Å². The van der Waals surface area contributed by atoms with Gasteiger partial charge in [-0.2, -0.15) is 5.26 Å². The molecule has 0 unspecified atom stereocenters. The third-order valence-electron chi connectivity index (χ3n) is 9.90. The summed E-state index contributed by atoms with van der Waals surface area (Å²) in [7, 11) is 0. The van der Waals surface area contributed by atoms with Crippen LogP contribution in [0.25, 0.3) is 60.9 Å². The number of aromatic nitrogens is 1. The Morgan fingerprint density at radius 3 is 1.96 bits per heavy atom. The highest BCUT2D eigenvalue weighted by Crippen LogP contribution is 2.43. The molecule has 1 aromatic heterocycles. The molecule has 1 aliphatic rings. The number of hydrogen-bond acceptors (Lipinski definition) is 3. The zero-order chi connectivity index (χ0) is 34.6. The number of fused-ring (bicyclic) bond motifs is 4. The van der Waals surface area contributed by atoms with Gasteiger partial charge in [-0.05, 0) is 77.2 Å². The summed E-state index contributed by atoms with van der Waals surface area (Å²) in [6.45, 7) is 2.01. The van der Waals surface area contributed by atoms with Gasteiger partial charge in [0.2, 0.25) is 0 Å². The third-order valence-corrected chi connectivity index (χ3v) is 9.90. The molecule has 0 spiro atoms. The molecule has 5 nitrogen and oxygen atoms in total. The Morgan fingerprint density at radius 1 is 0.510 bits per heavy atom. The number of hydrogen-bond donors (Lipinski definition) is 0. The van der Waals surface area contributed by atoms with Gasteiger partial charge in [0, 0.05) is 21.9 Å². The molecule has 0 bridgehead atoms.